The number of carbonyl (C=O) groups is 2. The number of rotatable bonds is 5. The van der Waals surface area contributed by atoms with Crippen molar-refractivity contribution in [1.82, 2.24) is 10.2 Å². The Morgan fingerprint density at radius 3 is 2.52 bits per heavy atom. The lowest BCUT2D eigenvalue weighted by molar-refractivity contribution is -0.128. The van der Waals surface area contributed by atoms with Gasteiger partial charge >= 0.3 is 0 Å². The predicted molar refractivity (Wildman–Crippen MR) is 115 cm³/mol. The molecule has 150 valence electrons. The highest BCUT2D eigenvalue weighted by Crippen LogP contribution is 2.44. The van der Waals surface area contributed by atoms with Gasteiger partial charge in [-0.05, 0) is 54.4 Å². The highest BCUT2D eigenvalue weighted by molar-refractivity contribution is 8.00. The minimum Gasteiger partial charge on any atom is -0.349 e. The zero-order valence-electron chi connectivity index (χ0n) is 16.4. The van der Waals surface area contributed by atoms with Gasteiger partial charge in [-0.25, -0.2) is 0 Å². The topological polar surface area (TPSA) is 49.4 Å². The first-order valence-corrected chi connectivity index (χ1v) is 11.6. The summed E-state index contributed by atoms with van der Waals surface area (Å²) < 4.78 is 0. The molecule has 2 amide bonds. The normalized spacial score (nSPS) is 28.1. The largest absolute Gasteiger partial charge is 0.349 e. The number of nitrogens with zero attached hydrogens (tertiary/aromatic N) is 1. The van der Waals surface area contributed by atoms with Crippen LogP contribution in [-0.4, -0.2) is 28.5 Å². The van der Waals surface area contributed by atoms with Crippen LogP contribution in [-0.2, 0) is 11.3 Å². The van der Waals surface area contributed by atoms with E-state index in [0.717, 1.165) is 23.5 Å². The van der Waals surface area contributed by atoms with Gasteiger partial charge in [0, 0.05) is 18.2 Å². The Kier molecular flexibility index (Phi) is 5.08. The van der Waals surface area contributed by atoms with E-state index in [0.29, 0.717) is 29.8 Å². The second kappa shape index (κ2) is 7.86. The maximum atomic E-state index is 12.7. The smallest absolute Gasteiger partial charge is 0.251 e. The highest BCUT2D eigenvalue weighted by Gasteiger charge is 2.40. The lowest BCUT2D eigenvalue weighted by Gasteiger charge is -2.25. The predicted octanol–water partition coefficient (Wildman–Crippen LogP) is 4.38. The molecular weight excluding hydrogens is 380 g/mol. The molecule has 0 radical (unpaired) electrons. The Morgan fingerprint density at radius 1 is 1.03 bits per heavy atom. The highest BCUT2D eigenvalue weighted by atomic mass is 32.2. The molecule has 5 rings (SSSR count). The number of thioether (sulfide) groups is 1. The molecule has 0 aromatic heterocycles. The van der Waals surface area contributed by atoms with E-state index < -0.39 is 0 Å². The van der Waals surface area contributed by atoms with E-state index >= 15 is 0 Å². The van der Waals surface area contributed by atoms with Crippen molar-refractivity contribution in [3.8, 4) is 0 Å². The minimum absolute atomic E-state index is 0.00499. The van der Waals surface area contributed by atoms with E-state index in [2.05, 4.69) is 17.4 Å². The summed E-state index contributed by atoms with van der Waals surface area (Å²) in [5.41, 5.74) is 2.92. The van der Waals surface area contributed by atoms with Crippen molar-refractivity contribution in [3.63, 3.8) is 0 Å². The van der Waals surface area contributed by atoms with E-state index in [9.17, 15) is 9.59 Å². The van der Waals surface area contributed by atoms with Gasteiger partial charge in [0.15, 0.2) is 0 Å². The number of amides is 2. The Bertz CT molecular complexity index is 899. The zero-order valence-corrected chi connectivity index (χ0v) is 17.2. The first-order chi connectivity index (χ1) is 14.2. The lowest BCUT2D eigenvalue weighted by atomic mass is 9.95. The van der Waals surface area contributed by atoms with Crippen molar-refractivity contribution < 1.29 is 9.59 Å². The summed E-state index contributed by atoms with van der Waals surface area (Å²) in [6.07, 6.45) is 5.03. The van der Waals surface area contributed by atoms with Crippen molar-refractivity contribution in [2.24, 2.45) is 11.8 Å². The molecule has 0 spiro atoms. The Morgan fingerprint density at radius 2 is 1.83 bits per heavy atom. The maximum absolute atomic E-state index is 12.7. The lowest BCUT2D eigenvalue weighted by Crippen LogP contribution is -2.38. The summed E-state index contributed by atoms with van der Waals surface area (Å²) in [5, 5.41) is 3.26. The van der Waals surface area contributed by atoms with E-state index in [1.54, 1.807) is 11.8 Å². The molecule has 2 aromatic rings. The number of nitrogens with one attached hydrogen (secondary N) is 1. The van der Waals surface area contributed by atoms with Gasteiger partial charge < -0.3 is 10.2 Å². The third-order valence-corrected chi connectivity index (χ3v) is 7.93. The molecule has 4 atom stereocenters. The van der Waals surface area contributed by atoms with Gasteiger partial charge in [-0.3, -0.25) is 9.59 Å². The van der Waals surface area contributed by atoms with Gasteiger partial charge in [0.2, 0.25) is 5.91 Å². The van der Waals surface area contributed by atoms with E-state index in [-0.39, 0.29) is 17.2 Å². The van der Waals surface area contributed by atoms with Gasteiger partial charge in [-0.1, -0.05) is 48.9 Å². The third-order valence-electron chi connectivity index (χ3n) is 6.68. The first kappa shape index (κ1) is 18.7. The molecule has 1 aliphatic heterocycles. The number of hydrogen-bond acceptors (Lipinski definition) is 3. The van der Waals surface area contributed by atoms with Crippen LogP contribution in [0, 0.1) is 11.8 Å². The molecule has 3 fully saturated rings. The van der Waals surface area contributed by atoms with Gasteiger partial charge in [0.25, 0.3) is 5.91 Å². The van der Waals surface area contributed by atoms with Gasteiger partial charge in [-0.15, -0.1) is 11.8 Å². The Balaban J connectivity index is 1.26. The standard InChI is InChI=1S/C24H26N2O2S/c27-22-15-29-24(26(22)14-16-4-2-1-3-5-16)19-10-8-18(9-11-19)23(28)25-21-13-17-6-7-20(21)12-17/h1-5,8-11,17,20-21,24H,6-7,12-15H2,(H,25,28). The van der Waals surface area contributed by atoms with E-state index in [1.807, 2.05) is 47.4 Å². The molecule has 1 N–H and O–H groups in total. The minimum atomic E-state index is 0.00499. The van der Waals surface area contributed by atoms with Crippen LogP contribution in [0.5, 0.6) is 0 Å². The molecule has 2 aromatic carbocycles. The summed E-state index contributed by atoms with van der Waals surface area (Å²) in [6, 6.07) is 18.3. The van der Waals surface area contributed by atoms with Crippen LogP contribution < -0.4 is 5.32 Å². The summed E-state index contributed by atoms with van der Waals surface area (Å²) in [6.45, 7) is 0.615. The number of benzene rings is 2. The average Bonchev–Trinajstić information content (AvgIpc) is 3.46. The molecule has 4 unspecified atom stereocenters. The van der Waals surface area contributed by atoms with E-state index in [4.69, 9.17) is 0 Å². The van der Waals surface area contributed by atoms with E-state index in [1.165, 1.54) is 19.3 Å². The molecule has 2 aliphatic carbocycles. The van der Waals surface area contributed by atoms with Crippen LogP contribution in [0.25, 0.3) is 0 Å². The monoisotopic (exact) mass is 406 g/mol. The number of carbonyl (C=O) groups excluding carboxylic acids is 2. The summed E-state index contributed by atoms with van der Waals surface area (Å²) >= 11 is 1.66. The Hall–Kier alpha value is -2.27. The van der Waals surface area contributed by atoms with Gasteiger partial charge in [0.1, 0.15) is 5.37 Å². The van der Waals surface area contributed by atoms with Gasteiger partial charge in [-0.2, -0.15) is 0 Å². The molecule has 5 heteroatoms. The fourth-order valence-corrected chi connectivity index (χ4v) is 6.34. The molecular formula is C24H26N2O2S. The molecule has 1 heterocycles. The molecule has 3 aliphatic rings. The van der Waals surface area contributed by atoms with Crippen LogP contribution >= 0.6 is 11.8 Å². The quantitative estimate of drug-likeness (QED) is 0.802. The number of fused-ring (bicyclic) bond motifs is 2. The SMILES string of the molecule is O=C(NC1CC2CCC1C2)c1ccc(C2SCC(=O)N2Cc2ccccc2)cc1. The van der Waals surface area contributed by atoms with Crippen LogP contribution in [0.3, 0.4) is 0 Å². The van der Waals surface area contributed by atoms with Crippen molar-refractivity contribution >= 4 is 23.6 Å². The second-order valence-corrected chi connectivity index (χ2v) is 9.62. The second-order valence-electron chi connectivity index (χ2n) is 8.55. The molecule has 2 bridgehead atoms. The van der Waals surface area contributed by atoms with Crippen LogP contribution in [0.4, 0.5) is 0 Å². The molecule has 1 saturated heterocycles. The van der Waals surface area contributed by atoms with Crippen molar-refractivity contribution in [2.75, 3.05) is 5.75 Å². The fourth-order valence-electron chi connectivity index (χ4n) is 5.15. The average molecular weight is 407 g/mol. The van der Waals surface area contributed by atoms with Gasteiger partial charge in [0.05, 0.1) is 5.75 Å². The fraction of sp³-hybridized carbons (Fsp3) is 0.417. The molecule has 29 heavy (non-hydrogen) atoms. The van der Waals surface area contributed by atoms with Crippen LogP contribution in [0.2, 0.25) is 0 Å². The molecule has 4 nitrogen and oxygen atoms in total. The van der Waals surface area contributed by atoms with Crippen LogP contribution in [0.1, 0.15) is 52.5 Å². The summed E-state index contributed by atoms with van der Waals surface area (Å²) in [7, 11) is 0. The van der Waals surface area contributed by atoms with Crippen molar-refractivity contribution in [1.29, 1.82) is 0 Å². The summed E-state index contributed by atoms with van der Waals surface area (Å²) in [5.74, 6) is 2.20. The Labute approximate surface area is 176 Å². The zero-order chi connectivity index (χ0) is 19.8. The maximum Gasteiger partial charge on any atom is 0.251 e. The van der Waals surface area contributed by atoms with Crippen molar-refractivity contribution in [2.45, 2.75) is 43.6 Å². The van der Waals surface area contributed by atoms with Crippen molar-refractivity contribution in [3.05, 3.63) is 71.3 Å². The summed E-state index contributed by atoms with van der Waals surface area (Å²) in [4.78, 5) is 27.1. The third kappa shape index (κ3) is 3.80. The van der Waals surface area contributed by atoms with Crippen LogP contribution in [0.15, 0.2) is 54.6 Å². The first-order valence-electron chi connectivity index (χ1n) is 10.5. The number of hydrogen-bond donors (Lipinski definition) is 1. The molecule has 2 saturated carbocycles.